The molecule has 0 saturated heterocycles. The Bertz CT molecular complexity index is 369. The van der Waals surface area contributed by atoms with Gasteiger partial charge in [0.25, 0.3) is 0 Å². The molecular formula is C9H9ClN2. The van der Waals surface area contributed by atoms with Gasteiger partial charge in [-0.05, 0) is 12.5 Å². The van der Waals surface area contributed by atoms with Crippen LogP contribution >= 0.6 is 11.6 Å². The molecule has 0 atom stereocenters. The number of nitrogens with two attached hydrogens (primary N) is 1. The third-order valence-electron chi connectivity index (χ3n) is 2.12. The van der Waals surface area contributed by atoms with Gasteiger partial charge in [-0.3, -0.25) is 4.99 Å². The Balaban J connectivity index is 2.66. The molecule has 2 rings (SSSR count). The van der Waals surface area contributed by atoms with E-state index in [9.17, 15) is 0 Å². The zero-order chi connectivity index (χ0) is 8.72. The molecule has 62 valence electrons. The summed E-state index contributed by atoms with van der Waals surface area (Å²) >= 11 is 6.08. The quantitative estimate of drug-likeness (QED) is 0.651. The van der Waals surface area contributed by atoms with Crippen LogP contribution in [0, 0.1) is 6.92 Å². The van der Waals surface area contributed by atoms with Crippen molar-refractivity contribution in [2.75, 3.05) is 0 Å². The van der Waals surface area contributed by atoms with Crippen molar-refractivity contribution in [3.8, 4) is 0 Å². The largest absolute Gasteiger partial charge is 0.383 e. The highest BCUT2D eigenvalue weighted by Gasteiger charge is 2.16. The predicted octanol–water partition coefficient (Wildman–Crippen LogP) is 1.87. The van der Waals surface area contributed by atoms with E-state index in [-0.39, 0.29) is 0 Å². The maximum Gasteiger partial charge on any atom is 0.126 e. The molecule has 1 aliphatic rings. The van der Waals surface area contributed by atoms with E-state index < -0.39 is 0 Å². The van der Waals surface area contributed by atoms with Gasteiger partial charge in [-0.25, -0.2) is 0 Å². The zero-order valence-electron chi connectivity index (χ0n) is 6.76. The standard InChI is InChI=1S/C9H9ClN2/c1-5-2-3-6-7(8(5)10)4-12-9(6)11/h2-3H,4H2,1H3,(H2,11,12). The summed E-state index contributed by atoms with van der Waals surface area (Å²) in [5.74, 6) is 0.604. The van der Waals surface area contributed by atoms with Gasteiger partial charge < -0.3 is 5.73 Å². The van der Waals surface area contributed by atoms with Crippen molar-refractivity contribution < 1.29 is 0 Å². The summed E-state index contributed by atoms with van der Waals surface area (Å²) in [7, 11) is 0. The van der Waals surface area contributed by atoms with Crippen LogP contribution in [0.25, 0.3) is 0 Å². The van der Waals surface area contributed by atoms with E-state index in [4.69, 9.17) is 17.3 Å². The van der Waals surface area contributed by atoms with Gasteiger partial charge in [-0.2, -0.15) is 0 Å². The van der Waals surface area contributed by atoms with Crippen molar-refractivity contribution in [2.45, 2.75) is 13.5 Å². The second-order valence-electron chi connectivity index (χ2n) is 2.92. The van der Waals surface area contributed by atoms with Gasteiger partial charge in [0.2, 0.25) is 0 Å². The number of amidine groups is 1. The van der Waals surface area contributed by atoms with Crippen molar-refractivity contribution in [1.29, 1.82) is 0 Å². The van der Waals surface area contributed by atoms with Crippen LogP contribution in [0.15, 0.2) is 17.1 Å². The van der Waals surface area contributed by atoms with Gasteiger partial charge in [0.1, 0.15) is 5.84 Å². The number of hydrogen-bond acceptors (Lipinski definition) is 2. The Labute approximate surface area is 76.1 Å². The molecule has 0 radical (unpaired) electrons. The summed E-state index contributed by atoms with van der Waals surface area (Å²) in [6, 6.07) is 3.94. The van der Waals surface area contributed by atoms with E-state index in [1.165, 1.54) is 0 Å². The summed E-state index contributed by atoms with van der Waals surface area (Å²) in [4.78, 5) is 4.12. The lowest BCUT2D eigenvalue weighted by molar-refractivity contribution is 1.10. The highest BCUT2D eigenvalue weighted by molar-refractivity contribution is 6.32. The SMILES string of the molecule is Cc1ccc2c(c1Cl)CN=C2N. The molecule has 1 aromatic carbocycles. The predicted molar refractivity (Wildman–Crippen MR) is 50.6 cm³/mol. The molecule has 3 heteroatoms. The van der Waals surface area contributed by atoms with Crippen molar-refractivity contribution in [3.63, 3.8) is 0 Å². The summed E-state index contributed by atoms with van der Waals surface area (Å²) < 4.78 is 0. The molecule has 12 heavy (non-hydrogen) atoms. The third kappa shape index (κ3) is 0.916. The van der Waals surface area contributed by atoms with E-state index in [1.54, 1.807) is 0 Å². The average molecular weight is 181 g/mol. The monoisotopic (exact) mass is 180 g/mol. The average Bonchev–Trinajstić information content (AvgIpc) is 2.41. The van der Waals surface area contributed by atoms with Gasteiger partial charge in [0, 0.05) is 16.1 Å². The molecule has 2 N–H and O–H groups in total. The topological polar surface area (TPSA) is 38.4 Å². The number of rotatable bonds is 0. The van der Waals surface area contributed by atoms with Crippen molar-refractivity contribution in [2.24, 2.45) is 10.7 Å². The molecule has 1 aromatic rings. The molecule has 0 amide bonds. The number of halogens is 1. The van der Waals surface area contributed by atoms with Crippen LogP contribution < -0.4 is 5.73 Å². The van der Waals surface area contributed by atoms with Crippen LogP contribution in [0.2, 0.25) is 5.02 Å². The van der Waals surface area contributed by atoms with E-state index in [0.717, 1.165) is 21.7 Å². The molecule has 0 spiro atoms. The van der Waals surface area contributed by atoms with Gasteiger partial charge in [0.15, 0.2) is 0 Å². The highest BCUT2D eigenvalue weighted by Crippen LogP contribution is 2.28. The molecule has 1 heterocycles. The number of aliphatic imine (C=N–C) groups is 1. The van der Waals surface area contributed by atoms with Gasteiger partial charge in [0.05, 0.1) is 6.54 Å². The van der Waals surface area contributed by atoms with Gasteiger partial charge in [-0.15, -0.1) is 0 Å². The van der Waals surface area contributed by atoms with Crippen LogP contribution in [0.3, 0.4) is 0 Å². The van der Waals surface area contributed by atoms with Crippen LogP contribution in [0.5, 0.6) is 0 Å². The van der Waals surface area contributed by atoms with Crippen molar-refractivity contribution in [3.05, 3.63) is 33.8 Å². The number of fused-ring (bicyclic) bond motifs is 1. The normalized spacial score (nSPS) is 14.3. The molecule has 0 unspecified atom stereocenters. The lowest BCUT2D eigenvalue weighted by Crippen LogP contribution is -2.10. The smallest absolute Gasteiger partial charge is 0.126 e. The fraction of sp³-hybridized carbons (Fsp3) is 0.222. The number of aryl methyl sites for hydroxylation is 1. The second-order valence-corrected chi connectivity index (χ2v) is 3.30. The molecule has 2 nitrogen and oxygen atoms in total. The number of hydrogen-bond donors (Lipinski definition) is 1. The zero-order valence-corrected chi connectivity index (χ0v) is 7.52. The Morgan fingerprint density at radius 1 is 1.50 bits per heavy atom. The molecule has 1 aliphatic heterocycles. The fourth-order valence-electron chi connectivity index (χ4n) is 1.38. The van der Waals surface area contributed by atoms with Crippen LogP contribution in [0.1, 0.15) is 16.7 Å². The minimum atomic E-state index is 0.604. The summed E-state index contributed by atoms with van der Waals surface area (Å²) in [5, 5.41) is 0.803. The first-order valence-corrected chi connectivity index (χ1v) is 4.16. The van der Waals surface area contributed by atoms with E-state index in [1.807, 2.05) is 19.1 Å². The van der Waals surface area contributed by atoms with Crippen molar-refractivity contribution >= 4 is 17.4 Å². The third-order valence-corrected chi connectivity index (χ3v) is 2.65. The summed E-state index contributed by atoms with van der Waals surface area (Å²) in [5.41, 5.74) is 8.80. The van der Waals surface area contributed by atoms with E-state index >= 15 is 0 Å². The molecule has 0 fully saturated rings. The first kappa shape index (κ1) is 7.62. The maximum absolute atomic E-state index is 6.08. The maximum atomic E-state index is 6.08. The lowest BCUT2D eigenvalue weighted by atomic mass is 10.1. The summed E-state index contributed by atoms with van der Waals surface area (Å²) in [6.45, 7) is 2.61. The molecule has 0 bridgehead atoms. The van der Waals surface area contributed by atoms with Crippen LogP contribution in [-0.4, -0.2) is 5.84 Å². The molecule has 0 aromatic heterocycles. The Morgan fingerprint density at radius 3 is 3.00 bits per heavy atom. The first-order valence-electron chi connectivity index (χ1n) is 3.78. The Kier molecular flexibility index (Phi) is 1.58. The second kappa shape index (κ2) is 2.49. The van der Waals surface area contributed by atoms with Gasteiger partial charge >= 0.3 is 0 Å². The first-order chi connectivity index (χ1) is 5.70. The molecule has 0 saturated carbocycles. The van der Waals surface area contributed by atoms with Crippen molar-refractivity contribution in [1.82, 2.24) is 0 Å². The Hall–Kier alpha value is -1.02. The Morgan fingerprint density at radius 2 is 2.25 bits per heavy atom. The highest BCUT2D eigenvalue weighted by atomic mass is 35.5. The van der Waals surface area contributed by atoms with E-state index in [0.29, 0.717) is 12.4 Å². The van der Waals surface area contributed by atoms with Crippen LogP contribution in [-0.2, 0) is 6.54 Å². The molecular weight excluding hydrogens is 172 g/mol. The number of nitrogens with zero attached hydrogens (tertiary/aromatic N) is 1. The minimum absolute atomic E-state index is 0.604. The van der Waals surface area contributed by atoms with Crippen LogP contribution in [0.4, 0.5) is 0 Å². The summed E-state index contributed by atoms with van der Waals surface area (Å²) in [6.07, 6.45) is 0. The van der Waals surface area contributed by atoms with E-state index in [2.05, 4.69) is 4.99 Å². The van der Waals surface area contributed by atoms with Gasteiger partial charge in [-0.1, -0.05) is 23.7 Å². The molecule has 0 aliphatic carbocycles. The number of benzene rings is 1. The minimum Gasteiger partial charge on any atom is -0.383 e. The lowest BCUT2D eigenvalue weighted by Gasteiger charge is -2.04. The fourth-order valence-corrected chi connectivity index (χ4v) is 1.61.